The van der Waals surface area contributed by atoms with Gasteiger partial charge in [-0.2, -0.15) is 0 Å². The fourth-order valence-corrected chi connectivity index (χ4v) is 7.43. The van der Waals surface area contributed by atoms with Crippen LogP contribution in [-0.4, -0.2) is 40.4 Å². The van der Waals surface area contributed by atoms with Gasteiger partial charge in [0.25, 0.3) is 5.91 Å². The molecule has 2 heterocycles. The number of aromatic nitrogens is 1. The molecule has 7 rings (SSSR count). The molecule has 1 aromatic heterocycles. The molecule has 0 atom stereocenters. The monoisotopic (exact) mass is 679 g/mol. The molecular weight excluding hydrogens is 643 g/mol. The Morgan fingerprint density at radius 1 is 0.740 bits per heavy atom. The summed E-state index contributed by atoms with van der Waals surface area (Å²) in [5.41, 5.74) is 6.93. The summed E-state index contributed by atoms with van der Waals surface area (Å²) in [4.78, 5) is 43.1. The molecule has 5 aromatic carbocycles. The smallest absolute Gasteiger partial charge is 0.335 e. The van der Waals surface area contributed by atoms with Crippen molar-refractivity contribution in [1.82, 2.24) is 4.57 Å². The van der Waals surface area contributed by atoms with Crippen molar-refractivity contribution in [2.75, 3.05) is 23.3 Å². The van der Waals surface area contributed by atoms with E-state index in [1.165, 1.54) is 18.2 Å². The fraction of sp³-hybridized carbons (Fsp3) is 0.167. The van der Waals surface area contributed by atoms with Gasteiger partial charge in [0.2, 0.25) is 5.78 Å². The summed E-state index contributed by atoms with van der Waals surface area (Å²) in [7, 11) is 0. The Kier molecular flexibility index (Phi) is 9.54. The summed E-state index contributed by atoms with van der Waals surface area (Å²) in [6.45, 7) is 3.89. The zero-order valence-corrected chi connectivity index (χ0v) is 28.6. The van der Waals surface area contributed by atoms with Crippen LogP contribution in [0.15, 0.2) is 126 Å². The minimum absolute atomic E-state index is 0.175. The molecule has 0 bridgehead atoms. The zero-order valence-electron chi connectivity index (χ0n) is 27.8. The summed E-state index contributed by atoms with van der Waals surface area (Å²) in [6, 6.07) is 38.0. The summed E-state index contributed by atoms with van der Waals surface area (Å²) in [5, 5.41) is 13.4. The molecule has 1 amide bonds. The number of carboxylic acid groups (broad SMARTS) is 1. The Balaban J connectivity index is 1.22. The van der Waals surface area contributed by atoms with Crippen LogP contribution >= 0.6 is 11.8 Å². The highest BCUT2D eigenvalue weighted by molar-refractivity contribution is 7.98. The maximum atomic E-state index is 14.8. The number of aryl methyl sites for hydroxylation is 1. The van der Waals surface area contributed by atoms with Crippen molar-refractivity contribution in [1.29, 1.82) is 0 Å². The molecule has 1 fully saturated rings. The zero-order chi connectivity index (χ0) is 34.6. The number of fused-ring (bicyclic) bond motifs is 1. The second kappa shape index (κ2) is 14.5. The number of nitrogens with one attached hydrogen (secondary N) is 1. The first kappa shape index (κ1) is 32.9. The number of carbonyl (C=O) groups is 3. The second-order valence-electron chi connectivity index (χ2n) is 12.6. The highest BCUT2D eigenvalue weighted by Crippen LogP contribution is 2.32. The van der Waals surface area contributed by atoms with Crippen LogP contribution in [0.3, 0.4) is 0 Å². The molecule has 2 N–H and O–H groups in total. The quantitative estimate of drug-likeness (QED) is 0.111. The van der Waals surface area contributed by atoms with Gasteiger partial charge in [0.05, 0.1) is 22.5 Å². The largest absolute Gasteiger partial charge is 0.478 e. The van der Waals surface area contributed by atoms with E-state index in [0.717, 1.165) is 64.2 Å². The first-order chi connectivity index (χ1) is 24.3. The third kappa shape index (κ3) is 7.07. The van der Waals surface area contributed by atoms with Crippen molar-refractivity contribution in [3.8, 4) is 5.69 Å². The van der Waals surface area contributed by atoms with Crippen LogP contribution in [0, 0.1) is 6.92 Å². The maximum absolute atomic E-state index is 14.8. The Bertz CT molecular complexity index is 2220. The second-order valence-corrected chi connectivity index (χ2v) is 13.7. The Hall–Kier alpha value is -5.60. The van der Waals surface area contributed by atoms with Crippen LogP contribution in [0.2, 0.25) is 0 Å². The summed E-state index contributed by atoms with van der Waals surface area (Å²) in [5.74, 6) is -0.902. The highest BCUT2D eigenvalue weighted by atomic mass is 32.2. The number of aromatic carboxylic acids is 1. The summed E-state index contributed by atoms with van der Waals surface area (Å²) >= 11 is 1.50. The van der Waals surface area contributed by atoms with Gasteiger partial charge in [-0.1, -0.05) is 48.5 Å². The van der Waals surface area contributed by atoms with Crippen LogP contribution in [-0.2, 0) is 5.75 Å². The van der Waals surface area contributed by atoms with Gasteiger partial charge in [-0.15, -0.1) is 11.8 Å². The molecule has 0 spiro atoms. The van der Waals surface area contributed by atoms with E-state index in [4.69, 9.17) is 0 Å². The van der Waals surface area contributed by atoms with Crippen molar-refractivity contribution in [3.63, 3.8) is 0 Å². The van der Waals surface area contributed by atoms with E-state index < -0.39 is 5.97 Å². The van der Waals surface area contributed by atoms with E-state index in [0.29, 0.717) is 28.3 Å². The van der Waals surface area contributed by atoms with Gasteiger partial charge in [-0.25, -0.2) is 4.79 Å². The predicted molar refractivity (Wildman–Crippen MR) is 201 cm³/mol. The lowest BCUT2D eigenvalue weighted by Crippen LogP contribution is -2.29. The molecule has 0 aliphatic carbocycles. The van der Waals surface area contributed by atoms with E-state index in [1.54, 1.807) is 24.3 Å². The minimum atomic E-state index is -0.968. The number of thioether (sulfide) groups is 1. The first-order valence-corrected chi connectivity index (χ1v) is 17.8. The van der Waals surface area contributed by atoms with Crippen LogP contribution in [0.1, 0.15) is 67.2 Å². The predicted octanol–water partition coefficient (Wildman–Crippen LogP) is 9.40. The number of rotatable bonds is 10. The SMILES string of the molecule is Cc1ccc2cc(C(=O)c3cc(N4CCCCC4)ccc3NC(=O)c3cccc(CSc4cccc(C(=O)O)c4)c3)n(-c3ccccc3)c2c1. The Morgan fingerprint density at radius 2 is 1.52 bits per heavy atom. The molecule has 0 radical (unpaired) electrons. The fourth-order valence-electron chi connectivity index (χ4n) is 6.53. The lowest BCUT2D eigenvalue weighted by atomic mass is 10.0. The van der Waals surface area contributed by atoms with Crippen molar-refractivity contribution in [3.05, 3.63) is 155 Å². The normalized spacial score (nSPS) is 12.9. The number of ketones is 1. The summed E-state index contributed by atoms with van der Waals surface area (Å²) in [6.07, 6.45) is 3.39. The van der Waals surface area contributed by atoms with Crippen molar-refractivity contribution in [2.45, 2.75) is 36.8 Å². The molecule has 7 nitrogen and oxygen atoms in total. The summed E-state index contributed by atoms with van der Waals surface area (Å²) < 4.78 is 2.01. The van der Waals surface area contributed by atoms with Crippen LogP contribution in [0.5, 0.6) is 0 Å². The van der Waals surface area contributed by atoms with E-state index in [9.17, 15) is 19.5 Å². The number of amides is 1. The molecule has 8 heteroatoms. The molecule has 1 saturated heterocycles. The number of anilines is 2. The van der Waals surface area contributed by atoms with Gasteiger partial charge in [0.1, 0.15) is 0 Å². The van der Waals surface area contributed by atoms with Crippen molar-refractivity contribution in [2.24, 2.45) is 0 Å². The number of para-hydroxylation sites is 1. The molecule has 1 aliphatic rings. The van der Waals surface area contributed by atoms with E-state index in [1.807, 2.05) is 102 Å². The molecule has 6 aromatic rings. The average Bonchev–Trinajstić information content (AvgIpc) is 3.53. The lowest BCUT2D eigenvalue weighted by Gasteiger charge is -2.29. The van der Waals surface area contributed by atoms with E-state index in [-0.39, 0.29) is 17.3 Å². The number of benzene rings is 5. The Labute approximate surface area is 295 Å². The van der Waals surface area contributed by atoms with Gasteiger partial charge < -0.3 is 19.9 Å². The number of carboxylic acids is 1. The number of hydrogen-bond acceptors (Lipinski definition) is 5. The third-order valence-electron chi connectivity index (χ3n) is 9.10. The lowest BCUT2D eigenvalue weighted by molar-refractivity contribution is 0.0696. The number of carbonyl (C=O) groups excluding carboxylic acids is 2. The number of hydrogen-bond donors (Lipinski definition) is 2. The molecule has 0 unspecified atom stereocenters. The van der Waals surface area contributed by atoms with Crippen LogP contribution in [0.25, 0.3) is 16.6 Å². The van der Waals surface area contributed by atoms with Crippen LogP contribution in [0.4, 0.5) is 11.4 Å². The standard InChI is InChI=1S/C42H37N3O4S/c1-28-16-17-30-25-39(45(38(30)22-28)33-13-4-2-5-14-33)40(46)36-26-34(44-20-6-3-7-21-44)18-19-37(36)43-41(47)31-11-8-10-29(23-31)27-50-35-15-9-12-32(24-35)42(48)49/h2,4-5,8-19,22-26H,3,6-7,20-21,27H2,1H3,(H,43,47)(H,48,49). The molecule has 250 valence electrons. The van der Waals surface area contributed by atoms with Gasteiger partial charge in [-0.05, 0) is 110 Å². The number of piperidine rings is 1. The van der Waals surface area contributed by atoms with Gasteiger partial charge in [0.15, 0.2) is 0 Å². The molecular formula is C42H37N3O4S. The van der Waals surface area contributed by atoms with Crippen molar-refractivity contribution < 1.29 is 19.5 Å². The molecule has 1 aliphatic heterocycles. The third-order valence-corrected chi connectivity index (χ3v) is 10.2. The van der Waals surface area contributed by atoms with Gasteiger partial charge >= 0.3 is 5.97 Å². The average molecular weight is 680 g/mol. The van der Waals surface area contributed by atoms with Crippen molar-refractivity contribution >= 4 is 51.7 Å². The van der Waals surface area contributed by atoms with Crippen LogP contribution < -0.4 is 10.2 Å². The number of nitrogens with zero attached hydrogens (tertiary/aromatic N) is 2. The Morgan fingerprint density at radius 3 is 2.32 bits per heavy atom. The first-order valence-electron chi connectivity index (χ1n) is 16.8. The van der Waals surface area contributed by atoms with E-state index >= 15 is 0 Å². The molecule has 50 heavy (non-hydrogen) atoms. The molecule has 0 saturated carbocycles. The topological polar surface area (TPSA) is 91.6 Å². The van der Waals surface area contributed by atoms with Gasteiger partial charge in [0, 0.05) is 51.6 Å². The minimum Gasteiger partial charge on any atom is -0.478 e. The maximum Gasteiger partial charge on any atom is 0.335 e. The van der Waals surface area contributed by atoms with Gasteiger partial charge in [-0.3, -0.25) is 9.59 Å². The van der Waals surface area contributed by atoms with E-state index in [2.05, 4.69) is 16.3 Å². The highest BCUT2D eigenvalue weighted by Gasteiger charge is 2.24.